The third-order valence-electron chi connectivity index (χ3n) is 2.76. The van der Waals surface area contributed by atoms with Crippen molar-refractivity contribution >= 4 is 27.5 Å². The Morgan fingerprint density at radius 1 is 1.29 bits per heavy atom. The lowest BCUT2D eigenvalue weighted by Crippen LogP contribution is -2.12. The summed E-state index contributed by atoms with van der Waals surface area (Å²) in [6.45, 7) is 5.85. The zero-order chi connectivity index (χ0) is 15.4. The molecule has 1 N–H and O–H groups in total. The van der Waals surface area contributed by atoms with Crippen LogP contribution in [0.25, 0.3) is 0 Å². The van der Waals surface area contributed by atoms with Crippen LogP contribution < -0.4 is 10.1 Å². The summed E-state index contributed by atoms with van der Waals surface area (Å²) in [7, 11) is 0. The number of carbonyl (C=O) groups excluding carboxylic acids is 1. The van der Waals surface area contributed by atoms with E-state index in [-0.39, 0.29) is 12.0 Å². The Labute approximate surface area is 132 Å². The molecule has 0 bridgehead atoms. The van der Waals surface area contributed by atoms with E-state index in [0.717, 1.165) is 15.9 Å². The molecule has 0 fully saturated rings. The Balaban J connectivity index is 2.07. The fourth-order valence-corrected chi connectivity index (χ4v) is 2.00. The Bertz CT molecular complexity index is 639. The topological polar surface area (TPSA) is 51.2 Å². The van der Waals surface area contributed by atoms with Crippen molar-refractivity contribution in [2.24, 2.45) is 0 Å². The van der Waals surface area contributed by atoms with E-state index in [2.05, 4.69) is 26.2 Å². The van der Waals surface area contributed by atoms with Gasteiger partial charge >= 0.3 is 0 Å². The number of pyridine rings is 1. The minimum atomic E-state index is -0.172. The van der Waals surface area contributed by atoms with Gasteiger partial charge in [0.2, 0.25) is 0 Å². The maximum atomic E-state index is 12.2. The van der Waals surface area contributed by atoms with E-state index >= 15 is 0 Å². The third kappa shape index (κ3) is 4.29. The van der Waals surface area contributed by atoms with E-state index in [1.807, 2.05) is 26.8 Å². The van der Waals surface area contributed by atoms with Gasteiger partial charge in [0, 0.05) is 5.56 Å². The highest BCUT2D eigenvalue weighted by Crippen LogP contribution is 2.18. The van der Waals surface area contributed by atoms with Crippen molar-refractivity contribution in [3.8, 4) is 5.75 Å². The van der Waals surface area contributed by atoms with E-state index in [1.165, 1.54) is 0 Å². The predicted octanol–water partition coefficient (Wildman–Crippen LogP) is 4.19. The molecule has 0 spiro atoms. The molecule has 110 valence electrons. The first-order valence-corrected chi connectivity index (χ1v) is 7.45. The number of benzene rings is 1. The van der Waals surface area contributed by atoms with Gasteiger partial charge in [0.15, 0.2) is 0 Å². The number of aryl methyl sites for hydroxylation is 1. The average molecular weight is 349 g/mol. The summed E-state index contributed by atoms with van der Waals surface area (Å²) < 4.78 is 6.32. The lowest BCUT2D eigenvalue weighted by molar-refractivity contribution is 0.102. The zero-order valence-electron chi connectivity index (χ0n) is 12.2. The van der Waals surface area contributed by atoms with Crippen LogP contribution in [-0.2, 0) is 0 Å². The van der Waals surface area contributed by atoms with Gasteiger partial charge in [-0.25, -0.2) is 4.98 Å². The molecule has 0 saturated heterocycles. The molecule has 0 aliphatic heterocycles. The molecule has 1 aromatic heterocycles. The van der Waals surface area contributed by atoms with E-state index in [1.54, 1.807) is 30.5 Å². The van der Waals surface area contributed by atoms with Crippen LogP contribution >= 0.6 is 15.9 Å². The lowest BCUT2D eigenvalue weighted by atomic mass is 10.2. The standard InChI is InChI=1S/C16H17BrN2O2/c1-10(2)21-14-6-4-12(5-7-14)16(20)19-13-8-11(3)15(17)18-9-13/h4-10H,1-3H3,(H,19,20). The Morgan fingerprint density at radius 2 is 1.95 bits per heavy atom. The monoisotopic (exact) mass is 348 g/mol. The molecule has 0 aliphatic rings. The quantitative estimate of drug-likeness (QED) is 0.842. The second-order valence-corrected chi connectivity index (χ2v) is 5.73. The summed E-state index contributed by atoms with van der Waals surface area (Å²) in [4.78, 5) is 16.3. The van der Waals surface area contributed by atoms with Crippen LogP contribution in [0.15, 0.2) is 41.1 Å². The van der Waals surface area contributed by atoms with Gasteiger partial charge in [0.05, 0.1) is 18.0 Å². The zero-order valence-corrected chi connectivity index (χ0v) is 13.8. The van der Waals surface area contributed by atoms with Crippen molar-refractivity contribution in [3.63, 3.8) is 0 Å². The minimum Gasteiger partial charge on any atom is -0.491 e. The molecule has 2 rings (SSSR count). The number of ether oxygens (including phenoxy) is 1. The first kappa shape index (κ1) is 15.5. The second-order valence-electron chi connectivity index (χ2n) is 4.98. The van der Waals surface area contributed by atoms with Gasteiger partial charge in [-0.2, -0.15) is 0 Å². The van der Waals surface area contributed by atoms with Crippen LogP contribution in [-0.4, -0.2) is 17.0 Å². The van der Waals surface area contributed by atoms with Crippen LogP contribution in [0, 0.1) is 6.92 Å². The third-order valence-corrected chi connectivity index (χ3v) is 3.59. The molecule has 0 saturated carbocycles. The summed E-state index contributed by atoms with van der Waals surface area (Å²) in [6, 6.07) is 8.93. The number of nitrogens with zero attached hydrogens (tertiary/aromatic N) is 1. The van der Waals surface area contributed by atoms with Crippen LogP contribution in [0.5, 0.6) is 5.75 Å². The van der Waals surface area contributed by atoms with Gasteiger partial charge in [-0.05, 0) is 72.6 Å². The molecule has 2 aromatic rings. The minimum absolute atomic E-state index is 0.112. The van der Waals surface area contributed by atoms with E-state index in [9.17, 15) is 4.79 Å². The normalized spacial score (nSPS) is 10.5. The Kier molecular flexibility index (Phi) is 4.96. The van der Waals surface area contributed by atoms with Crippen LogP contribution in [0.1, 0.15) is 29.8 Å². The molecule has 5 heteroatoms. The number of hydrogen-bond acceptors (Lipinski definition) is 3. The Morgan fingerprint density at radius 3 is 2.52 bits per heavy atom. The number of amides is 1. The van der Waals surface area contributed by atoms with Crippen LogP contribution in [0.3, 0.4) is 0 Å². The highest BCUT2D eigenvalue weighted by molar-refractivity contribution is 9.10. The summed E-state index contributed by atoms with van der Waals surface area (Å²) in [5.41, 5.74) is 2.21. The molecule has 1 amide bonds. The van der Waals surface area contributed by atoms with Gasteiger partial charge in [-0.3, -0.25) is 4.79 Å². The highest BCUT2D eigenvalue weighted by atomic mass is 79.9. The van der Waals surface area contributed by atoms with E-state index in [0.29, 0.717) is 11.3 Å². The van der Waals surface area contributed by atoms with Crippen molar-refractivity contribution < 1.29 is 9.53 Å². The van der Waals surface area contributed by atoms with Gasteiger partial charge in [0.1, 0.15) is 10.4 Å². The summed E-state index contributed by atoms with van der Waals surface area (Å²) in [5, 5.41) is 2.82. The smallest absolute Gasteiger partial charge is 0.255 e. The molecule has 0 atom stereocenters. The number of halogens is 1. The van der Waals surface area contributed by atoms with Crippen LogP contribution in [0.4, 0.5) is 5.69 Å². The molecule has 1 aromatic carbocycles. The highest BCUT2D eigenvalue weighted by Gasteiger charge is 2.08. The predicted molar refractivity (Wildman–Crippen MR) is 86.8 cm³/mol. The fourth-order valence-electron chi connectivity index (χ4n) is 1.79. The molecular weight excluding hydrogens is 332 g/mol. The second kappa shape index (κ2) is 6.72. The van der Waals surface area contributed by atoms with Gasteiger partial charge in [-0.1, -0.05) is 0 Å². The van der Waals surface area contributed by atoms with Gasteiger partial charge < -0.3 is 10.1 Å². The van der Waals surface area contributed by atoms with Crippen molar-refractivity contribution in [2.75, 3.05) is 5.32 Å². The van der Waals surface area contributed by atoms with E-state index < -0.39 is 0 Å². The summed E-state index contributed by atoms with van der Waals surface area (Å²) in [5.74, 6) is 0.581. The maximum Gasteiger partial charge on any atom is 0.255 e. The fraction of sp³-hybridized carbons (Fsp3) is 0.250. The first-order chi connectivity index (χ1) is 9.95. The maximum absolute atomic E-state index is 12.2. The van der Waals surface area contributed by atoms with Crippen LogP contribution in [0.2, 0.25) is 0 Å². The molecule has 4 nitrogen and oxygen atoms in total. The molecule has 21 heavy (non-hydrogen) atoms. The van der Waals surface area contributed by atoms with Gasteiger partial charge in [-0.15, -0.1) is 0 Å². The molecule has 0 aliphatic carbocycles. The van der Waals surface area contributed by atoms with Crippen molar-refractivity contribution in [1.29, 1.82) is 0 Å². The molecule has 0 unspecified atom stereocenters. The van der Waals surface area contributed by atoms with Crippen molar-refractivity contribution in [1.82, 2.24) is 4.98 Å². The Hall–Kier alpha value is -1.88. The molecule has 0 radical (unpaired) electrons. The number of rotatable bonds is 4. The number of hydrogen-bond donors (Lipinski definition) is 1. The largest absolute Gasteiger partial charge is 0.491 e. The van der Waals surface area contributed by atoms with E-state index in [4.69, 9.17) is 4.74 Å². The summed E-state index contributed by atoms with van der Waals surface area (Å²) in [6.07, 6.45) is 1.73. The van der Waals surface area contributed by atoms with Crippen molar-refractivity contribution in [3.05, 3.63) is 52.3 Å². The van der Waals surface area contributed by atoms with Gasteiger partial charge in [0.25, 0.3) is 5.91 Å². The van der Waals surface area contributed by atoms with Crippen molar-refractivity contribution in [2.45, 2.75) is 26.9 Å². The molecular formula is C16H17BrN2O2. The summed E-state index contributed by atoms with van der Waals surface area (Å²) >= 11 is 3.33. The SMILES string of the molecule is Cc1cc(NC(=O)c2ccc(OC(C)C)cc2)cnc1Br. The number of anilines is 1. The lowest BCUT2D eigenvalue weighted by Gasteiger charge is -2.10. The molecule has 1 heterocycles. The first-order valence-electron chi connectivity index (χ1n) is 6.66. The number of aromatic nitrogens is 1. The number of carbonyl (C=O) groups is 1. The number of nitrogens with one attached hydrogen (secondary N) is 1. The average Bonchev–Trinajstić information content (AvgIpc) is 2.43.